The maximum Gasteiger partial charge on any atom is 0.274 e. The number of rotatable bonds is 5. The van der Waals surface area contributed by atoms with Gasteiger partial charge in [-0.3, -0.25) is 20.6 Å². The molecule has 0 atom stereocenters. The van der Waals surface area contributed by atoms with Crippen LogP contribution in [0.4, 0.5) is 23.8 Å². The highest BCUT2D eigenvalue weighted by molar-refractivity contribution is 5.85. The van der Waals surface area contributed by atoms with Crippen molar-refractivity contribution in [2.75, 3.05) is 46.8 Å². The average Bonchev–Trinajstić information content (AvgIpc) is 2.75. The average molecular weight is 499 g/mol. The van der Waals surface area contributed by atoms with Gasteiger partial charge in [0.1, 0.15) is 5.69 Å². The predicted octanol–water partition coefficient (Wildman–Crippen LogP) is 3.13. The number of H-pyrrole nitrogens is 1. The third kappa shape index (κ3) is 8.21. The third-order valence-electron chi connectivity index (χ3n) is 5.04. The quantitative estimate of drug-likeness (QED) is 0.291. The van der Waals surface area contributed by atoms with Crippen molar-refractivity contribution in [3.05, 3.63) is 16.0 Å². The first-order chi connectivity index (χ1) is 13.7. The van der Waals surface area contributed by atoms with E-state index in [9.17, 15) is 4.79 Å². The SMILES string of the molecule is Cc1nnc(NNc2nc(N3CCCCC3)nc(N3CCCCC3)n2)[nH]c1=O.Cl.N.N.N.N.[HH].[HH].[HH].[HH]. The molecule has 4 heterocycles. The fourth-order valence-electron chi connectivity index (χ4n) is 3.45. The van der Waals surface area contributed by atoms with E-state index in [2.05, 4.69) is 45.8 Å². The molecule has 15 nitrogen and oxygen atoms in total. The zero-order valence-corrected chi connectivity index (χ0v) is 20.2. The molecule has 15 N–H and O–H groups in total. The minimum Gasteiger partial charge on any atom is -0.344 e. The lowest BCUT2D eigenvalue weighted by atomic mass is 10.1. The van der Waals surface area contributed by atoms with Crippen molar-refractivity contribution < 1.29 is 5.71 Å². The van der Waals surface area contributed by atoms with E-state index in [-0.39, 0.29) is 54.2 Å². The number of nitrogens with zero attached hydrogens (tertiary/aromatic N) is 7. The molecule has 0 aromatic carbocycles. The molecule has 2 aromatic rings. The Morgan fingerprint density at radius 3 is 1.70 bits per heavy atom. The summed E-state index contributed by atoms with van der Waals surface area (Å²) in [6, 6.07) is 0. The van der Waals surface area contributed by atoms with Crippen LogP contribution < -0.4 is 50.8 Å². The minimum atomic E-state index is -0.294. The van der Waals surface area contributed by atoms with Crippen molar-refractivity contribution in [1.82, 2.24) is 54.7 Å². The summed E-state index contributed by atoms with van der Waals surface area (Å²) in [4.78, 5) is 32.6. The molecule has 0 amide bonds. The van der Waals surface area contributed by atoms with Gasteiger partial charge in [-0.1, -0.05) is 0 Å². The van der Waals surface area contributed by atoms with Crippen LogP contribution in [0.25, 0.3) is 0 Å². The molecular weight excluding hydrogens is 452 g/mol. The lowest BCUT2D eigenvalue weighted by Gasteiger charge is -2.30. The molecular formula is C17H47ClN14O. The molecule has 198 valence electrons. The fourth-order valence-corrected chi connectivity index (χ4v) is 3.45. The minimum absolute atomic E-state index is 0. The fraction of sp³-hybridized carbons (Fsp3) is 0.647. The number of hydrazine groups is 1. The van der Waals surface area contributed by atoms with Crippen LogP contribution in [0.5, 0.6) is 0 Å². The molecule has 2 aliphatic heterocycles. The maximum absolute atomic E-state index is 11.7. The second-order valence-corrected chi connectivity index (χ2v) is 7.19. The summed E-state index contributed by atoms with van der Waals surface area (Å²) in [5.74, 6) is 1.96. The monoisotopic (exact) mass is 498 g/mol. The number of piperidine rings is 2. The Hall–Kier alpha value is -2.85. The van der Waals surface area contributed by atoms with Crippen LogP contribution in [-0.4, -0.2) is 56.3 Å². The number of anilines is 4. The molecule has 0 spiro atoms. The Kier molecular flexibility index (Phi) is 14.8. The summed E-state index contributed by atoms with van der Waals surface area (Å²) in [5.41, 5.74) is 5.77. The van der Waals surface area contributed by atoms with Gasteiger partial charge in [-0.2, -0.15) is 15.0 Å². The van der Waals surface area contributed by atoms with E-state index in [1.54, 1.807) is 6.92 Å². The topological polar surface area (TPSA) is 268 Å². The Morgan fingerprint density at radius 2 is 1.24 bits per heavy atom. The number of halogens is 1. The van der Waals surface area contributed by atoms with Crippen LogP contribution in [-0.2, 0) is 0 Å². The highest BCUT2D eigenvalue weighted by Gasteiger charge is 2.20. The zero-order valence-electron chi connectivity index (χ0n) is 19.3. The Labute approximate surface area is 205 Å². The number of aryl methyl sites for hydroxylation is 1. The van der Waals surface area contributed by atoms with Crippen LogP contribution in [0.3, 0.4) is 0 Å². The van der Waals surface area contributed by atoms with E-state index >= 15 is 0 Å². The standard InChI is InChI=1S/C17H26N10O.ClH.4H3N.4H2/c1-12-13(28)18-15(24-22-12)25-23-14-19-16(26-8-4-2-5-9-26)21-17(20-14)27-10-6-3-7-11-27;;;;;;;;;/h2-11H2,1H3,(H2,18,24,25,28)(H,19,20,21,23);1H;4*1H3;4*1H. The van der Waals surface area contributed by atoms with E-state index in [1.165, 1.54) is 12.8 Å². The molecule has 0 unspecified atom stereocenters. The number of aromatic amines is 1. The van der Waals surface area contributed by atoms with Gasteiger partial charge in [0.25, 0.3) is 5.56 Å². The van der Waals surface area contributed by atoms with Gasteiger partial charge in [0.05, 0.1) is 0 Å². The predicted molar refractivity (Wildman–Crippen MR) is 142 cm³/mol. The molecule has 2 fully saturated rings. The first-order valence-corrected chi connectivity index (χ1v) is 9.91. The zero-order chi connectivity index (χ0) is 19.3. The second-order valence-electron chi connectivity index (χ2n) is 7.19. The molecule has 2 aromatic heterocycles. The summed E-state index contributed by atoms with van der Waals surface area (Å²) in [6.07, 6.45) is 7.06. The number of hydrogen-bond donors (Lipinski definition) is 7. The van der Waals surface area contributed by atoms with E-state index in [0.29, 0.717) is 23.5 Å². The first kappa shape index (κ1) is 32.3. The van der Waals surface area contributed by atoms with Crippen molar-refractivity contribution in [2.24, 2.45) is 0 Å². The van der Waals surface area contributed by atoms with Crippen LogP contribution >= 0.6 is 12.4 Å². The molecule has 2 saturated heterocycles. The van der Waals surface area contributed by atoms with Gasteiger partial charge in [0.2, 0.25) is 23.8 Å². The van der Waals surface area contributed by atoms with E-state index < -0.39 is 0 Å². The summed E-state index contributed by atoms with van der Waals surface area (Å²) in [6.45, 7) is 5.41. The van der Waals surface area contributed by atoms with Crippen molar-refractivity contribution in [2.45, 2.75) is 45.4 Å². The highest BCUT2D eigenvalue weighted by Crippen LogP contribution is 2.22. The maximum atomic E-state index is 11.7. The smallest absolute Gasteiger partial charge is 0.274 e. The normalized spacial score (nSPS) is 14.8. The Balaban J connectivity index is -0.000000267. The van der Waals surface area contributed by atoms with Crippen LogP contribution in [0.15, 0.2) is 4.79 Å². The summed E-state index contributed by atoms with van der Waals surface area (Å²) in [5, 5.41) is 7.71. The van der Waals surface area contributed by atoms with Gasteiger partial charge in [-0.05, 0) is 45.4 Å². The van der Waals surface area contributed by atoms with Crippen LogP contribution in [0.1, 0.15) is 49.9 Å². The van der Waals surface area contributed by atoms with Crippen molar-refractivity contribution in [1.29, 1.82) is 0 Å². The number of hydrogen-bond acceptors (Lipinski definition) is 14. The van der Waals surface area contributed by atoms with E-state index in [0.717, 1.165) is 51.9 Å². The number of nitrogens with one attached hydrogen (secondary N) is 3. The summed E-state index contributed by atoms with van der Waals surface area (Å²) < 4.78 is 0. The third-order valence-corrected chi connectivity index (χ3v) is 5.04. The van der Waals surface area contributed by atoms with Crippen molar-refractivity contribution in [3.8, 4) is 0 Å². The lowest BCUT2D eigenvalue weighted by Crippen LogP contribution is -2.35. The number of aromatic nitrogens is 6. The van der Waals surface area contributed by atoms with Gasteiger partial charge in [-0.25, -0.2) is 0 Å². The molecule has 4 rings (SSSR count). The first-order valence-electron chi connectivity index (χ1n) is 9.91. The molecule has 0 aliphatic carbocycles. The molecule has 33 heavy (non-hydrogen) atoms. The lowest BCUT2D eigenvalue weighted by molar-refractivity contribution is 0.556. The van der Waals surface area contributed by atoms with Crippen molar-refractivity contribution >= 4 is 36.2 Å². The molecule has 0 bridgehead atoms. The second kappa shape index (κ2) is 15.1. The molecule has 0 saturated carbocycles. The van der Waals surface area contributed by atoms with Gasteiger partial charge in [0, 0.05) is 31.9 Å². The van der Waals surface area contributed by atoms with Gasteiger partial charge in [-0.15, -0.1) is 22.6 Å². The Bertz CT molecular complexity index is 851. The highest BCUT2D eigenvalue weighted by atomic mass is 35.5. The van der Waals surface area contributed by atoms with Gasteiger partial charge in [0.15, 0.2) is 0 Å². The van der Waals surface area contributed by atoms with E-state index in [1.807, 2.05) is 0 Å². The summed E-state index contributed by atoms with van der Waals surface area (Å²) >= 11 is 0. The van der Waals surface area contributed by atoms with Crippen LogP contribution in [0.2, 0.25) is 0 Å². The van der Waals surface area contributed by atoms with Crippen molar-refractivity contribution in [3.63, 3.8) is 0 Å². The molecule has 2 aliphatic rings. The van der Waals surface area contributed by atoms with Gasteiger partial charge >= 0.3 is 0 Å². The molecule has 16 heteroatoms. The van der Waals surface area contributed by atoms with E-state index in [4.69, 9.17) is 4.98 Å². The molecule has 0 radical (unpaired) electrons. The van der Waals surface area contributed by atoms with Gasteiger partial charge < -0.3 is 34.4 Å². The Morgan fingerprint density at radius 1 is 0.758 bits per heavy atom. The largest absolute Gasteiger partial charge is 0.344 e. The van der Waals surface area contributed by atoms with Crippen LogP contribution in [0, 0.1) is 6.92 Å². The summed E-state index contributed by atoms with van der Waals surface area (Å²) in [7, 11) is 0.